The molecule has 0 spiro atoms. The molecule has 0 amide bonds. The van der Waals surface area contributed by atoms with Gasteiger partial charge in [-0.15, -0.1) is 11.8 Å². The summed E-state index contributed by atoms with van der Waals surface area (Å²) >= 11 is 1.28. The van der Waals surface area contributed by atoms with Gasteiger partial charge in [-0.05, 0) is 39.0 Å². The van der Waals surface area contributed by atoms with Crippen molar-refractivity contribution in [3.8, 4) is 5.75 Å². The molecule has 0 aliphatic carbocycles. The van der Waals surface area contributed by atoms with Crippen molar-refractivity contribution in [1.29, 1.82) is 0 Å². The van der Waals surface area contributed by atoms with Gasteiger partial charge in [0.25, 0.3) is 0 Å². The minimum Gasteiger partial charge on any atom is -0.462 e. The molecule has 2 heterocycles. The van der Waals surface area contributed by atoms with Gasteiger partial charge in [-0.3, -0.25) is 13.9 Å². The van der Waals surface area contributed by atoms with Crippen LogP contribution >= 0.6 is 19.5 Å². The fraction of sp³-hybridized carbons (Fsp3) is 0.476. The summed E-state index contributed by atoms with van der Waals surface area (Å²) in [5.41, 5.74) is 5.02. The van der Waals surface area contributed by atoms with Crippen LogP contribution in [0.4, 0.5) is 5.82 Å². The van der Waals surface area contributed by atoms with Crippen LogP contribution in [0.5, 0.6) is 5.75 Å². The van der Waals surface area contributed by atoms with Crippen molar-refractivity contribution in [2.75, 3.05) is 12.3 Å². The SMILES string of the molecule is CC(C)OC(=O)[C@H](C)NP(=O)(OC[C@H]1S[C@@H](n2ccc(N)nc2=O)CC1O)Oc1ccccc1. The maximum Gasteiger partial charge on any atom is 0.459 e. The first-order valence-electron chi connectivity index (χ1n) is 10.7. The van der Waals surface area contributed by atoms with E-state index in [-0.39, 0.29) is 30.7 Å². The van der Waals surface area contributed by atoms with Crippen LogP contribution in [0, 0.1) is 0 Å². The fourth-order valence-corrected chi connectivity index (χ4v) is 6.25. The molecule has 1 aromatic carbocycles. The van der Waals surface area contributed by atoms with Crippen molar-refractivity contribution in [2.45, 2.75) is 56.1 Å². The quantitative estimate of drug-likeness (QED) is 0.317. The van der Waals surface area contributed by atoms with Gasteiger partial charge in [0.05, 0.1) is 29.4 Å². The van der Waals surface area contributed by atoms with E-state index in [0.717, 1.165) is 0 Å². The first kappa shape index (κ1) is 26.2. The van der Waals surface area contributed by atoms with Crippen LogP contribution in [0.15, 0.2) is 47.4 Å². The molecule has 4 N–H and O–H groups in total. The Morgan fingerprint density at radius 1 is 1.32 bits per heavy atom. The minimum atomic E-state index is -4.05. The van der Waals surface area contributed by atoms with Crippen molar-refractivity contribution in [1.82, 2.24) is 14.6 Å². The van der Waals surface area contributed by atoms with Crippen LogP contribution in [-0.4, -0.2) is 50.7 Å². The highest BCUT2D eigenvalue weighted by Crippen LogP contribution is 2.48. The number of ether oxygens (including phenoxy) is 1. The van der Waals surface area contributed by atoms with Crippen molar-refractivity contribution in [3.63, 3.8) is 0 Å². The summed E-state index contributed by atoms with van der Waals surface area (Å²) in [4.78, 5) is 28.1. The lowest BCUT2D eigenvalue weighted by Crippen LogP contribution is -2.37. The van der Waals surface area contributed by atoms with E-state index in [1.54, 1.807) is 44.2 Å². The molecule has 1 aromatic heterocycles. The summed E-state index contributed by atoms with van der Waals surface area (Å²) in [7, 11) is -4.05. The predicted octanol–water partition coefficient (Wildman–Crippen LogP) is 2.32. The number of carbonyl (C=O) groups excluding carboxylic acids is 1. The number of nitrogen functional groups attached to an aromatic ring is 1. The second-order valence-corrected chi connectivity index (χ2v) is 11.1. The molecule has 1 saturated heterocycles. The van der Waals surface area contributed by atoms with E-state index in [9.17, 15) is 19.3 Å². The number of hydrogen-bond donors (Lipinski definition) is 3. The van der Waals surface area contributed by atoms with E-state index >= 15 is 0 Å². The first-order valence-corrected chi connectivity index (χ1v) is 13.2. The minimum absolute atomic E-state index is 0.111. The number of esters is 1. The first-order chi connectivity index (χ1) is 16.1. The number of carbonyl (C=O) groups is 1. The van der Waals surface area contributed by atoms with Gasteiger partial charge in [-0.25, -0.2) is 9.36 Å². The van der Waals surface area contributed by atoms with Crippen molar-refractivity contribution >= 4 is 31.3 Å². The Bertz CT molecular complexity index is 1080. The van der Waals surface area contributed by atoms with Crippen LogP contribution in [0.3, 0.4) is 0 Å². The second kappa shape index (κ2) is 11.4. The molecule has 13 heteroatoms. The number of nitrogens with two attached hydrogens (primary N) is 1. The number of hydrogen-bond acceptors (Lipinski definition) is 10. The molecule has 3 rings (SSSR count). The molecule has 2 unspecified atom stereocenters. The summed E-state index contributed by atoms with van der Waals surface area (Å²) < 4.78 is 31.4. The molecule has 1 aliphatic heterocycles. The molecule has 34 heavy (non-hydrogen) atoms. The van der Waals surface area contributed by atoms with Crippen LogP contribution in [0.25, 0.3) is 0 Å². The molecule has 186 valence electrons. The summed E-state index contributed by atoms with van der Waals surface area (Å²) in [6.45, 7) is 4.74. The lowest BCUT2D eigenvalue weighted by atomic mass is 10.2. The monoisotopic (exact) mass is 512 g/mol. The molecular weight excluding hydrogens is 483 g/mol. The van der Waals surface area contributed by atoms with Crippen LogP contribution < -0.4 is 21.0 Å². The standard InChI is InChI=1S/C21H29N4O7PS/c1-13(2)31-20(27)14(3)24-33(29,32-15-7-5-4-6-8-15)30-12-17-16(26)11-19(34-17)25-10-9-18(22)23-21(25)28/h4-10,13-14,16-17,19,26H,11-12H2,1-3H3,(H,24,29)(H2,22,23,28)/t14-,16?,17+,19+,33?/m0/s1. The van der Waals surface area contributed by atoms with Gasteiger partial charge in [0.2, 0.25) is 0 Å². The highest BCUT2D eigenvalue weighted by Gasteiger charge is 2.39. The smallest absolute Gasteiger partial charge is 0.459 e. The molecule has 1 aliphatic rings. The number of para-hydroxylation sites is 1. The number of aliphatic hydroxyl groups excluding tert-OH is 1. The van der Waals surface area contributed by atoms with Gasteiger partial charge >= 0.3 is 19.4 Å². The zero-order valence-corrected chi connectivity index (χ0v) is 20.8. The van der Waals surface area contributed by atoms with E-state index in [1.165, 1.54) is 35.5 Å². The Labute approximate surface area is 201 Å². The van der Waals surface area contributed by atoms with E-state index < -0.39 is 42.2 Å². The zero-order valence-electron chi connectivity index (χ0n) is 19.1. The van der Waals surface area contributed by atoms with Gasteiger partial charge in [-0.2, -0.15) is 10.1 Å². The number of nitrogens with one attached hydrogen (secondary N) is 1. The maximum absolute atomic E-state index is 13.6. The molecule has 0 radical (unpaired) electrons. The Hall–Kier alpha value is -2.37. The normalized spacial score (nSPS) is 22.8. The van der Waals surface area contributed by atoms with Gasteiger partial charge < -0.3 is 20.1 Å². The highest BCUT2D eigenvalue weighted by atomic mass is 32.2. The lowest BCUT2D eigenvalue weighted by Gasteiger charge is -2.25. The Morgan fingerprint density at radius 2 is 2.03 bits per heavy atom. The fourth-order valence-electron chi connectivity index (χ4n) is 3.19. The molecule has 1 fully saturated rings. The Balaban J connectivity index is 1.71. The number of anilines is 1. The summed E-state index contributed by atoms with van der Waals surface area (Å²) in [5.74, 6) is -0.222. The van der Waals surface area contributed by atoms with E-state index in [0.29, 0.717) is 0 Å². The molecular formula is C21H29N4O7PS. The van der Waals surface area contributed by atoms with Gasteiger partial charge in [0, 0.05) is 12.6 Å². The predicted molar refractivity (Wildman–Crippen MR) is 128 cm³/mol. The summed E-state index contributed by atoms with van der Waals surface area (Å²) in [6, 6.07) is 8.90. The topological polar surface area (TPSA) is 155 Å². The van der Waals surface area contributed by atoms with Crippen LogP contribution in [0.1, 0.15) is 32.6 Å². The number of nitrogens with zero attached hydrogens (tertiary/aromatic N) is 2. The van der Waals surface area contributed by atoms with Gasteiger partial charge in [-0.1, -0.05) is 18.2 Å². The molecule has 11 nitrogen and oxygen atoms in total. The summed E-state index contributed by atoms with van der Waals surface area (Å²) in [6.07, 6.45) is 0.595. The van der Waals surface area contributed by atoms with Gasteiger partial charge in [0.1, 0.15) is 17.6 Å². The lowest BCUT2D eigenvalue weighted by molar-refractivity contribution is -0.149. The van der Waals surface area contributed by atoms with Crippen molar-refractivity contribution in [3.05, 3.63) is 53.1 Å². The highest BCUT2D eigenvalue weighted by molar-refractivity contribution is 8.00. The average Bonchev–Trinajstić information content (AvgIpc) is 3.12. The summed E-state index contributed by atoms with van der Waals surface area (Å²) in [5, 5.41) is 12.2. The van der Waals surface area contributed by atoms with E-state index in [4.69, 9.17) is 19.5 Å². The van der Waals surface area contributed by atoms with E-state index in [1.807, 2.05) is 0 Å². The molecule has 5 atom stereocenters. The zero-order chi connectivity index (χ0) is 24.9. The Morgan fingerprint density at radius 3 is 2.68 bits per heavy atom. The largest absolute Gasteiger partial charge is 0.462 e. The van der Waals surface area contributed by atoms with Crippen LogP contribution in [-0.2, 0) is 18.6 Å². The molecule has 2 aromatic rings. The molecule has 0 saturated carbocycles. The van der Waals surface area contributed by atoms with Gasteiger partial charge in [0.15, 0.2) is 0 Å². The molecule has 0 bridgehead atoms. The number of rotatable bonds is 10. The average molecular weight is 513 g/mol. The Kier molecular flexibility index (Phi) is 8.78. The van der Waals surface area contributed by atoms with Crippen molar-refractivity contribution in [2.24, 2.45) is 0 Å². The number of aliphatic hydroxyl groups is 1. The van der Waals surface area contributed by atoms with Crippen LogP contribution in [0.2, 0.25) is 0 Å². The number of thioether (sulfide) groups is 1. The van der Waals surface area contributed by atoms with Crippen molar-refractivity contribution < 1.29 is 28.3 Å². The number of benzene rings is 1. The third-order valence-electron chi connectivity index (χ3n) is 4.80. The maximum atomic E-state index is 13.6. The third kappa shape index (κ3) is 7.07. The second-order valence-electron chi connectivity index (χ2n) is 8.01. The third-order valence-corrected chi connectivity index (χ3v) is 7.98. The van der Waals surface area contributed by atoms with E-state index in [2.05, 4.69) is 10.1 Å². The number of aromatic nitrogens is 2.